The van der Waals surface area contributed by atoms with E-state index in [1.165, 1.54) is 0 Å². The Hall–Kier alpha value is -2.94. The molecule has 2 saturated heterocycles. The number of piperidine rings is 2. The van der Waals surface area contributed by atoms with Crippen molar-refractivity contribution in [3.63, 3.8) is 0 Å². The first kappa shape index (κ1) is 24.4. The number of pyridine rings is 1. The van der Waals surface area contributed by atoms with E-state index in [9.17, 15) is 4.79 Å². The molecule has 0 N–H and O–H groups in total. The van der Waals surface area contributed by atoms with Gasteiger partial charge in [0.15, 0.2) is 0 Å². The highest BCUT2D eigenvalue weighted by molar-refractivity contribution is 9.10. The molecule has 1 amide bonds. The minimum atomic E-state index is 0.101. The molecule has 0 saturated carbocycles. The monoisotopic (exact) mass is 564 g/mol. The van der Waals surface area contributed by atoms with Crippen LogP contribution in [0.1, 0.15) is 39.0 Å². The number of amides is 1. The molecule has 37 heavy (non-hydrogen) atoms. The summed E-state index contributed by atoms with van der Waals surface area (Å²) in [5.74, 6) is 2.62. The Balaban J connectivity index is 1.38. The van der Waals surface area contributed by atoms with Crippen LogP contribution in [0.5, 0.6) is 0 Å². The van der Waals surface area contributed by atoms with Gasteiger partial charge < -0.3 is 19.1 Å². The van der Waals surface area contributed by atoms with Crippen molar-refractivity contribution in [2.24, 2.45) is 11.3 Å². The fraction of sp³-hybridized carbons (Fsp3) is 0.500. The summed E-state index contributed by atoms with van der Waals surface area (Å²) >= 11 is 3.65. The standard InChI is InChI=1S/C28H33BrN6O2/c1-28-8-13-34(14-9-28)23-17-21(29)3-4-22(23)27-32-31-26(37-27)20-5-10-30-24(16-20)35-11-6-19(7-12-35)15-25(36)33(2)18-28/h3-5,10,16-17,19H,6-9,11-15,18H2,1-2H3. The molecule has 8 heterocycles. The van der Waals surface area contributed by atoms with Gasteiger partial charge in [-0.25, -0.2) is 4.98 Å². The Morgan fingerprint density at radius 1 is 1.00 bits per heavy atom. The lowest BCUT2D eigenvalue weighted by molar-refractivity contribution is -0.132. The molecule has 9 rings (SSSR count). The van der Waals surface area contributed by atoms with E-state index in [1.54, 1.807) is 6.20 Å². The highest BCUT2D eigenvalue weighted by Gasteiger charge is 2.34. The highest BCUT2D eigenvalue weighted by Crippen LogP contribution is 2.39. The van der Waals surface area contributed by atoms with Gasteiger partial charge in [-0.15, -0.1) is 10.2 Å². The third-order valence-electron chi connectivity index (χ3n) is 8.37. The summed E-state index contributed by atoms with van der Waals surface area (Å²) in [5, 5.41) is 8.86. The van der Waals surface area contributed by atoms with Crippen LogP contribution >= 0.6 is 15.9 Å². The van der Waals surface area contributed by atoms with Gasteiger partial charge in [0, 0.05) is 62.4 Å². The van der Waals surface area contributed by atoms with Gasteiger partial charge in [0.2, 0.25) is 17.7 Å². The number of benzene rings is 1. The number of carbonyl (C=O) groups is 1. The number of hydrogen-bond donors (Lipinski definition) is 0. The number of anilines is 2. The molecule has 0 spiro atoms. The highest BCUT2D eigenvalue weighted by atomic mass is 79.9. The molecule has 9 heteroatoms. The van der Waals surface area contributed by atoms with Crippen LogP contribution in [0, 0.1) is 11.3 Å². The Labute approximate surface area is 226 Å². The van der Waals surface area contributed by atoms with Gasteiger partial charge in [-0.2, -0.15) is 0 Å². The summed E-state index contributed by atoms with van der Waals surface area (Å²) in [6.45, 7) is 6.73. The van der Waals surface area contributed by atoms with E-state index < -0.39 is 0 Å². The summed E-state index contributed by atoms with van der Waals surface area (Å²) in [6.07, 6.45) is 6.46. The smallest absolute Gasteiger partial charge is 0.250 e. The number of rotatable bonds is 0. The van der Waals surface area contributed by atoms with Crippen LogP contribution in [0.15, 0.2) is 45.4 Å². The van der Waals surface area contributed by atoms with Gasteiger partial charge in [-0.05, 0) is 67.3 Å². The van der Waals surface area contributed by atoms with E-state index in [4.69, 9.17) is 4.42 Å². The minimum absolute atomic E-state index is 0.101. The van der Waals surface area contributed by atoms with Crippen molar-refractivity contribution < 1.29 is 9.21 Å². The number of halogens is 1. The second-order valence-corrected chi connectivity index (χ2v) is 12.1. The van der Waals surface area contributed by atoms with Gasteiger partial charge in [-0.3, -0.25) is 4.79 Å². The van der Waals surface area contributed by atoms with Crippen molar-refractivity contribution in [2.75, 3.05) is 49.6 Å². The summed E-state index contributed by atoms with van der Waals surface area (Å²) in [4.78, 5) is 24.5. The lowest BCUT2D eigenvalue weighted by Crippen LogP contribution is -2.46. The van der Waals surface area contributed by atoms with Crippen LogP contribution in [-0.2, 0) is 4.79 Å². The van der Waals surface area contributed by atoms with Gasteiger partial charge in [0.1, 0.15) is 5.82 Å². The molecule has 6 aliphatic rings. The average Bonchev–Trinajstić information content (AvgIpc) is 3.39. The second kappa shape index (κ2) is 9.74. The second-order valence-electron chi connectivity index (χ2n) is 11.2. The molecule has 2 aromatic heterocycles. The quantitative estimate of drug-likeness (QED) is 0.369. The fourth-order valence-corrected chi connectivity index (χ4v) is 6.34. The largest absolute Gasteiger partial charge is 0.416 e. The first-order chi connectivity index (χ1) is 17.9. The molecule has 194 valence electrons. The van der Waals surface area contributed by atoms with Crippen LogP contribution < -0.4 is 9.80 Å². The third kappa shape index (κ3) is 4.98. The Kier molecular flexibility index (Phi) is 6.42. The van der Waals surface area contributed by atoms with E-state index >= 15 is 0 Å². The zero-order valence-corrected chi connectivity index (χ0v) is 23.1. The Bertz CT molecular complexity index is 1290. The van der Waals surface area contributed by atoms with Crippen molar-refractivity contribution in [1.82, 2.24) is 20.1 Å². The van der Waals surface area contributed by atoms with E-state index in [-0.39, 0.29) is 11.3 Å². The lowest BCUT2D eigenvalue weighted by Gasteiger charge is -2.43. The molecule has 0 unspecified atom stereocenters. The molecular weight excluding hydrogens is 532 g/mol. The van der Waals surface area contributed by atoms with E-state index in [0.717, 1.165) is 85.5 Å². The number of hydrogen-bond acceptors (Lipinski definition) is 7. The number of aromatic nitrogens is 3. The minimum Gasteiger partial charge on any atom is -0.416 e. The van der Waals surface area contributed by atoms with Crippen LogP contribution in [0.2, 0.25) is 0 Å². The van der Waals surface area contributed by atoms with Crippen LogP contribution in [-0.4, -0.2) is 65.8 Å². The maximum atomic E-state index is 13.2. The zero-order valence-electron chi connectivity index (χ0n) is 21.5. The van der Waals surface area contributed by atoms with Gasteiger partial charge in [-0.1, -0.05) is 22.9 Å². The topological polar surface area (TPSA) is 78.6 Å². The number of carbonyl (C=O) groups excluding carboxylic acids is 1. The number of nitrogens with zero attached hydrogens (tertiary/aromatic N) is 6. The van der Waals surface area contributed by atoms with Crippen molar-refractivity contribution in [2.45, 2.75) is 39.0 Å². The molecule has 3 aromatic rings. The first-order valence-corrected chi connectivity index (χ1v) is 14.0. The van der Waals surface area contributed by atoms with Crippen molar-refractivity contribution >= 4 is 33.3 Å². The Morgan fingerprint density at radius 2 is 1.76 bits per heavy atom. The van der Waals surface area contributed by atoms with Crippen LogP contribution in [0.4, 0.5) is 11.5 Å². The maximum absolute atomic E-state index is 13.2. The lowest BCUT2D eigenvalue weighted by atomic mass is 9.79. The first-order valence-electron chi connectivity index (χ1n) is 13.2. The van der Waals surface area contributed by atoms with Crippen molar-refractivity contribution in [1.29, 1.82) is 0 Å². The van der Waals surface area contributed by atoms with E-state index in [2.05, 4.69) is 53.9 Å². The molecule has 8 bridgehead atoms. The molecule has 0 atom stereocenters. The van der Waals surface area contributed by atoms with Crippen LogP contribution in [0.3, 0.4) is 0 Å². The predicted octanol–water partition coefficient (Wildman–Crippen LogP) is 5.25. The third-order valence-corrected chi connectivity index (χ3v) is 8.86. The van der Waals surface area contributed by atoms with Gasteiger partial charge >= 0.3 is 0 Å². The van der Waals surface area contributed by atoms with E-state index in [1.807, 2.05) is 36.2 Å². The van der Waals surface area contributed by atoms with Crippen molar-refractivity contribution in [3.8, 4) is 22.9 Å². The molecule has 8 nitrogen and oxygen atoms in total. The molecule has 0 radical (unpaired) electrons. The molecular formula is C28H33BrN6O2. The molecule has 1 aromatic carbocycles. The van der Waals surface area contributed by atoms with Gasteiger partial charge in [0.05, 0.1) is 11.3 Å². The van der Waals surface area contributed by atoms with E-state index in [0.29, 0.717) is 24.1 Å². The molecule has 0 aliphatic carbocycles. The summed E-state index contributed by atoms with van der Waals surface area (Å²) in [6, 6.07) is 10.2. The summed E-state index contributed by atoms with van der Waals surface area (Å²) < 4.78 is 7.26. The average molecular weight is 566 g/mol. The maximum Gasteiger partial charge on any atom is 0.250 e. The molecule has 2 fully saturated rings. The summed E-state index contributed by atoms with van der Waals surface area (Å²) in [5.41, 5.74) is 2.99. The predicted molar refractivity (Wildman–Crippen MR) is 147 cm³/mol. The van der Waals surface area contributed by atoms with Gasteiger partial charge in [0.25, 0.3) is 0 Å². The van der Waals surface area contributed by atoms with Crippen molar-refractivity contribution in [3.05, 3.63) is 41.0 Å². The SMILES string of the molecule is CN1CC2(C)CCN(CC2)c2cc(Br)ccc2-c2nnc(o2)-c2ccnc(c2)N2CCC(CC2)CC1=O. The molecule has 6 aliphatic heterocycles. The fourth-order valence-electron chi connectivity index (χ4n) is 6.00. The normalized spacial score (nSPS) is 24.4. The van der Waals surface area contributed by atoms with Crippen LogP contribution in [0.25, 0.3) is 22.9 Å². The summed E-state index contributed by atoms with van der Waals surface area (Å²) in [7, 11) is 1.98. The zero-order chi connectivity index (χ0) is 25.6. The Morgan fingerprint density at radius 3 is 2.54 bits per heavy atom.